The minimum atomic E-state index is 0.0589. The Kier molecular flexibility index (Phi) is 3.43. The Bertz CT molecular complexity index is 364. The van der Waals surface area contributed by atoms with Crippen molar-refractivity contribution in [2.24, 2.45) is 0 Å². The van der Waals surface area contributed by atoms with Crippen LogP contribution in [0.2, 0.25) is 0 Å². The Balaban J connectivity index is 2.17. The SMILES string of the molecule is CC(=O)c1csc(C2CSCCN2C)n1. The zero-order valence-corrected chi connectivity index (χ0v) is 10.5. The number of thiazole rings is 1. The summed E-state index contributed by atoms with van der Waals surface area (Å²) in [5.41, 5.74) is 0.610. The van der Waals surface area contributed by atoms with Crippen LogP contribution in [0, 0.1) is 0 Å². The molecule has 1 atom stereocenters. The van der Waals surface area contributed by atoms with E-state index in [2.05, 4.69) is 16.9 Å². The second-order valence-electron chi connectivity index (χ2n) is 3.70. The lowest BCUT2D eigenvalue weighted by molar-refractivity contribution is 0.101. The molecular weight excluding hydrogens is 228 g/mol. The van der Waals surface area contributed by atoms with Crippen molar-refractivity contribution in [3.05, 3.63) is 16.1 Å². The van der Waals surface area contributed by atoms with Gasteiger partial charge in [-0.15, -0.1) is 11.3 Å². The van der Waals surface area contributed by atoms with Gasteiger partial charge in [0.15, 0.2) is 5.78 Å². The number of Topliss-reactive ketones (excluding diaryl/α,β-unsaturated/α-hetero) is 1. The van der Waals surface area contributed by atoms with Gasteiger partial charge in [-0.2, -0.15) is 11.8 Å². The molecule has 0 radical (unpaired) electrons. The number of carbonyl (C=O) groups is 1. The van der Waals surface area contributed by atoms with Gasteiger partial charge >= 0.3 is 0 Å². The molecule has 0 N–H and O–H groups in total. The van der Waals surface area contributed by atoms with Gasteiger partial charge in [0.1, 0.15) is 10.7 Å². The number of carbonyl (C=O) groups excluding carboxylic acids is 1. The summed E-state index contributed by atoms with van der Waals surface area (Å²) >= 11 is 3.56. The predicted octanol–water partition coefficient (Wildman–Crippen LogP) is 2.07. The van der Waals surface area contributed by atoms with E-state index in [1.165, 1.54) is 5.75 Å². The van der Waals surface area contributed by atoms with Gasteiger partial charge in [0, 0.05) is 30.4 Å². The average molecular weight is 242 g/mol. The average Bonchev–Trinajstić information content (AvgIpc) is 2.67. The quantitative estimate of drug-likeness (QED) is 0.743. The normalized spacial score (nSPS) is 22.9. The van der Waals surface area contributed by atoms with E-state index in [0.717, 1.165) is 17.3 Å². The molecule has 1 aromatic rings. The number of ketones is 1. The lowest BCUT2D eigenvalue weighted by Crippen LogP contribution is -2.32. The number of hydrogen-bond donors (Lipinski definition) is 0. The number of aromatic nitrogens is 1. The topological polar surface area (TPSA) is 33.2 Å². The molecule has 2 heterocycles. The summed E-state index contributed by atoms with van der Waals surface area (Å²) in [7, 11) is 2.12. The summed E-state index contributed by atoms with van der Waals surface area (Å²) in [5, 5.41) is 2.94. The van der Waals surface area contributed by atoms with Crippen LogP contribution in [0.1, 0.15) is 28.5 Å². The van der Waals surface area contributed by atoms with Gasteiger partial charge in [-0.05, 0) is 7.05 Å². The molecule has 0 saturated carbocycles. The molecule has 1 unspecified atom stereocenters. The maximum absolute atomic E-state index is 11.1. The van der Waals surface area contributed by atoms with Crippen LogP contribution < -0.4 is 0 Å². The Morgan fingerprint density at radius 1 is 1.67 bits per heavy atom. The van der Waals surface area contributed by atoms with Crippen molar-refractivity contribution in [1.82, 2.24) is 9.88 Å². The van der Waals surface area contributed by atoms with Crippen molar-refractivity contribution in [3.63, 3.8) is 0 Å². The van der Waals surface area contributed by atoms with Gasteiger partial charge in [-0.25, -0.2) is 4.98 Å². The summed E-state index contributed by atoms with van der Waals surface area (Å²) in [6, 6.07) is 0.391. The Hall–Kier alpha value is -0.390. The summed E-state index contributed by atoms with van der Waals surface area (Å²) in [6.07, 6.45) is 0. The van der Waals surface area contributed by atoms with E-state index < -0.39 is 0 Å². The van der Waals surface area contributed by atoms with Crippen molar-refractivity contribution >= 4 is 28.9 Å². The summed E-state index contributed by atoms with van der Waals surface area (Å²) in [6.45, 7) is 2.67. The summed E-state index contributed by atoms with van der Waals surface area (Å²) in [5.74, 6) is 2.34. The first-order chi connectivity index (χ1) is 7.18. The van der Waals surface area contributed by atoms with Crippen molar-refractivity contribution in [2.75, 3.05) is 25.1 Å². The van der Waals surface area contributed by atoms with Gasteiger partial charge < -0.3 is 0 Å². The van der Waals surface area contributed by atoms with E-state index in [4.69, 9.17) is 0 Å². The number of hydrogen-bond acceptors (Lipinski definition) is 5. The van der Waals surface area contributed by atoms with Gasteiger partial charge in [0.2, 0.25) is 0 Å². The minimum Gasteiger partial charge on any atom is -0.296 e. The zero-order valence-electron chi connectivity index (χ0n) is 8.90. The highest BCUT2D eigenvalue weighted by Crippen LogP contribution is 2.30. The van der Waals surface area contributed by atoms with Crippen molar-refractivity contribution in [3.8, 4) is 0 Å². The highest BCUT2D eigenvalue weighted by atomic mass is 32.2. The molecule has 0 amide bonds. The first kappa shape index (κ1) is 11.1. The van der Waals surface area contributed by atoms with E-state index in [1.807, 2.05) is 17.1 Å². The lowest BCUT2D eigenvalue weighted by atomic mass is 10.3. The highest BCUT2D eigenvalue weighted by Gasteiger charge is 2.24. The molecule has 1 saturated heterocycles. The standard InChI is InChI=1S/C10H14N2OS2/c1-7(13)8-5-15-10(11-8)9-6-14-4-3-12(9)2/h5,9H,3-4,6H2,1-2H3. The first-order valence-corrected chi connectivity index (χ1v) is 6.96. The molecule has 1 fully saturated rings. The molecule has 3 nitrogen and oxygen atoms in total. The number of rotatable bonds is 2. The first-order valence-electron chi connectivity index (χ1n) is 4.93. The fourth-order valence-corrected chi connectivity index (χ4v) is 3.90. The van der Waals surface area contributed by atoms with Crippen LogP contribution in [-0.4, -0.2) is 40.8 Å². The second kappa shape index (κ2) is 4.63. The summed E-state index contributed by atoms with van der Waals surface area (Å²) < 4.78 is 0. The number of thioether (sulfide) groups is 1. The monoisotopic (exact) mass is 242 g/mol. The maximum Gasteiger partial charge on any atom is 0.178 e. The predicted molar refractivity (Wildman–Crippen MR) is 64.8 cm³/mol. The van der Waals surface area contributed by atoms with Crippen LogP contribution in [0.4, 0.5) is 0 Å². The molecule has 2 rings (SSSR count). The van der Waals surface area contributed by atoms with Crippen LogP contribution >= 0.6 is 23.1 Å². The molecular formula is C10H14N2OS2. The smallest absolute Gasteiger partial charge is 0.178 e. The van der Waals surface area contributed by atoms with Gasteiger partial charge in [-0.1, -0.05) is 0 Å². The van der Waals surface area contributed by atoms with Crippen molar-refractivity contribution in [2.45, 2.75) is 13.0 Å². The van der Waals surface area contributed by atoms with Crippen molar-refractivity contribution < 1.29 is 4.79 Å². The molecule has 1 aromatic heterocycles. The largest absolute Gasteiger partial charge is 0.296 e. The molecule has 1 aliphatic heterocycles. The Morgan fingerprint density at radius 2 is 2.47 bits per heavy atom. The van der Waals surface area contributed by atoms with E-state index >= 15 is 0 Å². The molecule has 1 aliphatic rings. The second-order valence-corrected chi connectivity index (χ2v) is 5.74. The highest BCUT2D eigenvalue weighted by molar-refractivity contribution is 7.99. The Morgan fingerprint density at radius 3 is 3.07 bits per heavy atom. The molecule has 5 heteroatoms. The minimum absolute atomic E-state index is 0.0589. The molecule has 0 aliphatic carbocycles. The third-order valence-electron chi connectivity index (χ3n) is 2.56. The van der Waals surface area contributed by atoms with Gasteiger partial charge in [-0.3, -0.25) is 9.69 Å². The molecule has 82 valence electrons. The van der Waals surface area contributed by atoms with Gasteiger partial charge in [0.25, 0.3) is 0 Å². The number of nitrogens with zero attached hydrogens (tertiary/aromatic N) is 2. The third-order valence-corrected chi connectivity index (χ3v) is 4.53. The van der Waals surface area contributed by atoms with Crippen LogP contribution in [0.25, 0.3) is 0 Å². The van der Waals surface area contributed by atoms with E-state index in [0.29, 0.717) is 11.7 Å². The van der Waals surface area contributed by atoms with Crippen LogP contribution in [-0.2, 0) is 0 Å². The molecule has 0 bridgehead atoms. The third kappa shape index (κ3) is 2.41. The van der Waals surface area contributed by atoms with Crippen LogP contribution in [0.5, 0.6) is 0 Å². The Labute approximate surface area is 97.9 Å². The van der Waals surface area contributed by atoms with E-state index in [9.17, 15) is 4.79 Å². The van der Waals surface area contributed by atoms with Crippen LogP contribution in [0.3, 0.4) is 0 Å². The fraction of sp³-hybridized carbons (Fsp3) is 0.600. The zero-order chi connectivity index (χ0) is 10.8. The molecule has 0 spiro atoms. The van der Waals surface area contributed by atoms with E-state index in [-0.39, 0.29) is 5.78 Å². The van der Waals surface area contributed by atoms with Gasteiger partial charge in [0.05, 0.1) is 6.04 Å². The lowest BCUT2D eigenvalue weighted by Gasteiger charge is -2.30. The van der Waals surface area contributed by atoms with Crippen LogP contribution in [0.15, 0.2) is 5.38 Å². The maximum atomic E-state index is 11.1. The molecule has 15 heavy (non-hydrogen) atoms. The summed E-state index contributed by atoms with van der Waals surface area (Å²) in [4.78, 5) is 17.9. The fourth-order valence-electron chi connectivity index (χ4n) is 1.55. The molecule has 0 aromatic carbocycles. The van der Waals surface area contributed by atoms with E-state index in [1.54, 1.807) is 18.3 Å². The van der Waals surface area contributed by atoms with Crippen molar-refractivity contribution in [1.29, 1.82) is 0 Å².